The van der Waals surface area contributed by atoms with Crippen LogP contribution in [0, 0.1) is 17.3 Å². The molecule has 0 spiro atoms. The molecule has 0 amide bonds. The van der Waals surface area contributed by atoms with E-state index in [1.807, 2.05) is 0 Å². The van der Waals surface area contributed by atoms with Crippen molar-refractivity contribution in [3.8, 4) is 0 Å². The first-order valence-corrected chi connectivity index (χ1v) is 8.40. The maximum atomic E-state index is 4.40. The molecular weight excluding hydrogens is 240 g/mol. The quantitative estimate of drug-likeness (QED) is 0.444. The minimum absolute atomic E-state index is 0.408. The van der Waals surface area contributed by atoms with Crippen molar-refractivity contribution in [2.45, 2.75) is 72.6 Å². The predicted octanol–water partition coefficient (Wildman–Crippen LogP) is 6.45. The SMILES string of the molecule is C=C1CCC2C/C=C(\C)CC/C=C(\C)CC[C@H]1C2(C)C. The van der Waals surface area contributed by atoms with Gasteiger partial charge in [0.05, 0.1) is 0 Å². The van der Waals surface area contributed by atoms with E-state index in [9.17, 15) is 0 Å². The van der Waals surface area contributed by atoms with Crippen LogP contribution in [0.3, 0.4) is 0 Å². The summed E-state index contributed by atoms with van der Waals surface area (Å²) >= 11 is 0. The van der Waals surface area contributed by atoms with Crippen LogP contribution in [-0.2, 0) is 0 Å². The van der Waals surface area contributed by atoms with Crippen molar-refractivity contribution in [1.82, 2.24) is 0 Å². The molecule has 20 heavy (non-hydrogen) atoms. The summed E-state index contributed by atoms with van der Waals surface area (Å²) in [5.41, 5.74) is 5.07. The summed E-state index contributed by atoms with van der Waals surface area (Å²) in [5.74, 6) is 1.54. The molecule has 0 aromatic heterocycles. The van der Waals surface area contributed by atoms with Crippen molar-refractivity contribution in [2.75, 3.05) is 0 Å². The van der Waals surface area contributed by atoms with E-state index in [0.29, 0.717) is 11.3 Å². The van der Waals surface area contributed by atoms with Gasteiger partial charge in [-0.2, -0.15) is 0 Å². The molecule has 0 radical (unpaired) electrons. The van der Waals surface area contributed by atoms with E-state index in [-0.39, 0.29) is 0 Å². The zero-order valence-electron chi connectivity index (χ0n) is 14.0. The minimum Gasteiger partial charge on any atom is -0.0996 e. The largest absolute Gasteiger partial charge is 0.0996 e. The second kappa shape index (κ2) is 6.33. The fourth-order valence-corrected chi connectivity index (χ4v) is 4.18. The average Bonchev–Trinajstić information content (AvgIpc) is 2.36. The van der Waals surface area contributed by atoms with Crippen LogP contribution in [0.5, 0.6) is 0 Å². The van der Waals surface area contributed by atoms with Crippen molar-refractivity contribution in [1.29, 1.82) is 0 Å². The van der Waals surface area contributed by atoms with Gasteiger partial charge in [0.2, 0.25) is 0 Å². The highest BCUT2D eigenvalue weighted by molar-refractivity contribution is 5.15. The van der Waals surface area contributed by atoms with Gasteiger partial charge in [-0.3, -0.25) is 0 Å². The summed E-state index contributed by atoms with van der Waals surface area (Å²) in [6, 6.07) is 0. The molecule has 0 aromatic carbocycles. The Hall–Kier alpha value is -0.780. The first kappa shape index (κ1) is 15.6. The smallest absolute Gasteiger partial charge is 0.0149 e. The standard InChI is InChI=1S/C20H32/c1-15-7-6-8-16(2)10-14-19-17(3)11-13-18(12-9-15)20(19,4)5/h8-9,18-19H,3,6-7,10-14H2,1-2,4-5H3/b15-9+,16-8+/t18?,19-/m1/s1. The van der Waals surface area contributed by atoms with E-state index in [4.69, 9.17) is 0 Å². The van der Waals surface area contributed by atoms with Gasteiger partial charge in [0.25, 0.3) is 0 Å². The molecule has 2 atom stereocenters. The fourth-order valence-electron chi connectivity index (χ4n) is 4.18. The fraction of sp³-hybridized carbons (Fsp3) is 0.700. The molecule has 0 aliphatic heterocycles. The third-order valence-electron chi connectivity index (χ3n) is 5.87. The first-order chi connectivity index (χ1) is 9.41. The highest BCUT2D eigenvalue weighted by Gasteiger charge is 2.40. The monoisotopic (exact) mass is 272 g/mol. The average molecular weight is 272 g/mol. The minimum atomic E-state index is 0.408. The number of fused-ring (bicyclic) bond motifs is 2. The molecule has 0 aromatic rings. The van der Waals surface area contributed by atoms with Crippen LogP contribution < -0.4 is 0 Å². The number of allylic oxidation sites excluding steroid dienone is 5. The summed E-state index contributed by atoms with van der Waals surface area (Å²) in [5, 5.41) is 0. The van der Waals surface area contributed by atoms with Crippen molar-refractivity contribution in [3.63, 3.8) is 0 Å². The molecule has 0 N–H and O–H groups in total. The predicted molar refractivity (Wildman–Crippen MR) is 89.7 cm³/mol. The Bertz CT molecular complexity index is 419. The van der Waals surface area contributed by atoms with Crippen LogP contribution in [0.15, 0.2) is 35.5 Å². The summed E-state index contributed by atoms with van der Waals surface area (Å²) in [6.07, 6.45) is 13.8. The zero-order valence-corrected chi connectivity index (χ0v) is 14.0. The first-order valence-electron chi connectivity index (χ1n) is 8.40. The molecule has 0 nitrogen and oxygen atoms in total. The van der Waals surface area contributed by atoms with E-state index in [1.54, 1.807) is 11.1 Å². The van der Waals surface area contributed by atoms with Crippen LogP contribution in [0.4, 0.5) is 0 Å². The van der Waals surface area contributed by atoms with Gasteiger partial charge in [-0.25, -0.2) is 0 Å². The molecule has 0 heteroatoms. The topological polar surface area (TPSA) is 0 Å². The van der Waals surface area contributed by atoms with Gasteiger partial charge >= 0.3 is 0 Å². The number of rotatable bonds is 0. The third-order valence-corrected chi connectivity index (χ3v) is 5.87. The van der Waals surface area contributed by atoms with Crippen molar-refractivity contribution < 1.29 is 0 Å². The Balaban J connectivity index is 2.26. The van der Waals surface area contributed by atoms with Gasteiger partial charge in [-0.05, 0) is 76.0 Å². The highest BCUT2D eigenvalue weighted by Crippen LogP contribution is 2.51. The van der Waals surface area contributed by atoms with Gasteiger partial charge < -0.3 is 0 Å². The molecule has 2 aliphatic rings. The van der Waals surface area contributed by atoms with E-state index >= 15 is 0 Å². The lowest BCUT2D eigenvalue weighted by molar-refractivity contribution is 0.0950. The molecule has 1 saturated carbocycles. The van der Waals surface area contributed by atoms with Crippen molar-refractivity contribution in [3.05, 3.63) is 35.5 Å². The van der Waals surface area contributed by atoms with E-state index in [0.717, 1.165) is 5.92 Å². The number of hydrogen-bond acceptors (Lipinski definition) is 0. The Kier molecular flexibility index (Phi) is 4.94. The Morgan fingerprint density at radius 1 is 1.00 bits per heavy atom. The lowest BCUT2D eigenvalue weighted by Crippen LogP contribution is -2.37. The molecule has 0 saturated heterocycles. The van der Waals surface area contributed by atoms with Crippen LogP contribution in [0.2, 0.25) is 0 Å². The molecule has 2 aliphatic carbocycles. The second-order valence-corrected chi connectivity index (χ2v) is 7.68. The van der Waals surface area contributed by atoms with Crippen LogP contribution in [0.1, 0.15) is 72.6 Å². The molecule has 1 fully saturated rings. The van der Waals surface area contributed by atoms with Gasteiger partial charge in [-0.1, -0.05) is 49.3 Å². The molecule has 2 rings (SSSR count). The Morgan fingerprint density at radius 3 is 2.45 bits per heavy atom. The molecular formula is C20H32. The zero-order chi connectivity index (χ0) is 14.8. The maximum Gasteiger partial charge on any atom is -0.0149 e. The van der Waals surface area contributed by atoms with Gasteiger partial charge in [-0.15, -0.1) is 0 Å². The molecule has 2 bridgehead atoms. The maximum absolute atomic E-state index is 4.40. The molecule has 1 unspecified atom stereocenters. The van der Waals surface area contributed by atoms with E-state index in [1.165, 1.54) is 50.5 Å². The van der Waals surface area contributed by atoms with Crippen molar-refractivity contribution in [2.24, 2.45) is 17.3 Å². The van der Waals surface area contributed by atoms with Gasteiger partial charge in [0.15, 0.2) is 0 Å². The summed E-state index contributed by atoms with van der Waals surface area (Å²) in [7, 11) is 0. The van der Waals surface area contributed by atoms with Gasteiger partial charge in [0, 0.05) is 0 Å². The number of hydrogen-bond donors (Lipinski definition) is 0. The summed E-state index contributed by atoms with van der Waals surface area (Å²) in [6.45, 7) is 14.0. The van der Waals surface area contributed by atoms with Crippen LogP contribution >= 0.6 is 0 Å². The Labute approximate surface area is 126 Å². The van der Waals surface area contributed by atoms with Crippen LogP contribution in [0.25, 0.3) is 0 Å². The summed E-state index contributed by atoms with van der Waals surface area (Å²) in [4.78, 5) is 0. The van der Waals surface area contributed by atoms with Crippen LogP contribution in [-0.4, -0.2) is 0 Å². The Morgan fingerprint density at radius 2 is 1.70 bits per heavy atom. The van der Waals surface area contributed by atoms with E-state index in [2.05, 4.69) is 46.4 Å². The highest BCUT2D eigenvalue weighted by atomic mass is 14.5. The lowest BCUT2D eigenvalue weighted by Gasteiger charge is -2.47. The third kappa shape index (κ3) is 3.45. The molecule has 112 valence electrons. The second-order valence-electron chi connectivity index (χ2n) is 7.68. The van der Waals surface area contributed by atoms with Crippen molar-refractivity contribution >= 4 is 0 Å². The summed E-state index contributed by atoms with van der Waals surface area (Å²) < 4.78 is 0. The normalized spacial score (nSPS) is 36.9. The lowest BCUT2D eigenvalue weighted by atomic mass is 9.58. The van der Waals surface area contributed by atoms with Gasteiger partial charge in [0.1, 0.15) is 0 Å². The van der Waals surface area contributed by atoms with E-state index < -0.39 is 0 Å². The molecule has 0 heterocycles.